The van der Waals surface area contributed by atoms with Gasteiger partial charge in [0.05, 0.1) is 16.1 Å². The first kappa shape index (κ1) is 12.9. The van der Waals surface area contributed by atoms with Crippen LogP contribution in [0.3, 0.4) is 0 Å². The van der Waals surface area contributed by atoms with E-state index in [1.165, 1.54) is 17.4 Å². The summed E-state index contributed by atoms with van der Waals surface area (Å²) >= 11 is 7.33. The Kier molecular flexibility index (Phi) is 3.85. The van der Waals surface area contributed by atoms with E-state index in [1.807, 2.05) is 25.1 Å². The summed E-state index contributed by atoms with van der Waals surface area (Å²) < 4.78 is 14.1. The van der Waals surface area contributed by atoms with Crippen molar-refractivity contribution in [1.82, 2.24) is 0 Å². The zero-order chi connectivity index (χ0) is 13.1. The monoisotopic (exact) mass is 280 g/mol. The van der Waals surface area contributed by atoms with Crippen LogP contribution in [-0.2, 0) is 0 Å². The number of rotatable bonds is 3. The van der Waals surface area contributed by atoms with Gasteiger partial charge in [0.25, 0.3) is 0 Å². The predicted octanol–water partition coefficient (Wildman–Crippen LogP) is 4.59. The number of thiophene rings is 1. The first-order valence-corrected chi connectivity index (χ1v) is 6.51. The number of anilines is 1. The van der Waals surface area contributed by atoms with Gasteiger partial charge in [-0.05, 0) is 31.2 Å². The smallest absolute Gasteiger partial charge is 0.143 e. The van der Waals surface area contributed by atoms with Gasteiger partial charge in [0.1, 0.15) is 17.4 Å². The summed E-state index contributed by atoms with van der Waals surface area (Å²) in [7, 11) is 0. The second kappa shape index (κ2) is 5.38. The molecule has 18 heavy (non-hydrogen) atoms. The van der Waals surface area contributed by atoms with Crippen molar-refractivity contribution in [3.05, 3.63) is 50.9 Å². The van der Waals surface area contributed by atoms with Crippen LogP contribution in [0.5, 0.6) is 0 Å². The number of halogens is 2. The van der Waals surface area contributed by atoms with E-state index in [4.69, 9.17) is 16.9 Å². The lowest BCUT2D eigenvalue weighted by Gasteiger charge is -2.14. The minimum atomic E-state index is -0.515. The molecule has 92 valence electrons. The Morgan fingerprint density at radius 3 is 2.78 bits per heavy atom. The number of nitriles is 1. The van der Waals surface area contributed by atoms with Gasteiger partial charge >= 0.3 is 0 Å². The van der Waals surface area contributed by atoms with Crippen molar-refractivity contribution in [1.29, 1.82) is 5.26 Å². The zero-order valence-corrected chi connectivity index (χ0v) is 11.1. The van der Waals surface area contributed by atoms with Crippen LogP contribution in [0.4, 0.5) is 10.1 Å². The molecule has 0 saturated heterocycles. The van der Waals surface area contributed by atoms with Gasteiger partial charge in [-0.1, -0.05) is 17.7 Å². The predicted molar refractivity (Wildman–Crippen MR) is 72.5 cm³/mol. The molecule has 2 rings (SSSR count). The van der Waals surface area contributed by atoms with Gasteiger partial charge in [-0.15, -0.1) is 11.3 Å². The van der Waals surface area contributed by atoms with Crippen LogP contribution in [0, 0.1) is 17.1 Å². The minimum Gasteiger partial charge on any atom is -0.377 e. The van der Waals surface area contributed by atoms with E-state index in [1.54, 1.807) is 12.1 Å². The van der Waals surface area contributed by atoms with Crippen molar-refractivity contribution in [3.63, 3.8) is 0 Å². The van der Waals surface area contributed by atoms with Gasteiger partial charge in [0, 0.05) is 4.88 Å². The molecule has 0 radical (unpaired) electrons. The van der Waals surface area contributed by atoms with Crippen LogP contribution in [0.25, 0.3) is 0 Å². The molecule has 0 aliphatic rings. The highest BCUT2D eigenvalue weighted by atomic mass is 35.5. The largest absolute Gasteiger partial charge is 0.377 e. The Hall–Kier alpha value is -1.57. The molecule has 0 amide bonds. The van der Waals surface area contributed by atoms with Crippen LogP contribution in [0.2, 0.25) is 4.34 Å². The first-order chi connectivity index (χ1) is 8.61. The maximum absolute atomic E-state index is 13.4. The van der Waals surface area contributed by atoms with Crippen molar-refractivity contribution >= 4 is 28.6 Å². The molecule has 0 spiro atoms. The Morgan fingerprint density at radius 2 is 2.17 bits per heavy atom. The molecule has 1 unspecified atom stereocenters. The maximum atomic E-state index is 13.4. The van der Waals surface area contributed by atoms with E-state index in [0.29, 0.717) is 10.0 Å². The van der Waals surface area contributed by atoms with Crippen LogP contribution < -0.4 is 5.32 Å². The van der Waals surface area contributed by atoms with Gasteiger partial charge in [-0.25, -0.2) is 4.39 Å². The molecule has 1 aromatic heterocycles. The number of benzene rings is 1. The molecule has 1 aromatic carbocycles. The van der Waals surface area contributed by atoms with Crippen molar-refractivity contribution in [2.45, 2.75) is 13.0 Å². The Labute approximate surface area is 114 Å². The molecule has 2 nitrogen and oxygen atoms in total. The molecule has 1 N–H and O–H groups in total. The third-order valence-electron chi connectivity index (χ3n) is 2.52. The Balaban J connectivity index is 2.25. The summed E-state index contributed by atoms with van der Waals surface area (Å²) in [6.07, 6.45) is 0. The SMILES string of the molecule is CC(Nc1cccc(F)c1C#N)c1ccc(Cl)s1. The van der Waals surface area contributed by atoms with E-state index in [0.717, 1.165) is 4.88 Å². The van der Waals surface area contributed by atoms with Crippen molar-refractivity contribution in [2.75, 3.05) is 5.32 Å². The molecule has 0 bridgehead atoms. The number of nitrogens with zero attached hydrogens (tertiary/aromatic N) is 1. The van der Waals surface area contributed by atoms with E-state index >= 15 is 0 Å². The molecule has 2 aromatic rings. The molecule has 0 saturated carbocycles. The van der Waals surface area contributed by atoms with Gasteiger partial charge in [-0.3, -0.25) is 0 Å². The van der Waals surface area contributed by atoms with E-state index in [2.05, 4.69) is 5.32 Å². The van der Waals surface area contributed by atoms with Gasteiger partial charge in [-0.2, -0.15) is 5.26 Å². The lowest BCUT2D eigenvalue weighted by atomic mass is 10.1. The van der Waals surface area contributed by atoms with Crippen LogP contribution in [0.1, 0.15) is 23.4 Å². The summed E-state index contributed by atoms with van der Waals surface area (Å²) in [6, 6.07) is 10.1. The molecule has 0 aliphatic heterocycles. The van der Waals surface area contributed by atoms with Gasteiger partial charge < -0.3 is 5.32 Å². The number of nitrogens with one attached hydrogen (secondary N) is 1. The second-order valence-electron chi connectivity index (χ2n) is 3.78. The minimum absolute atomic E-state index is 0.0311. The lowest BCUT2D eigenvalue weighted by Crippen LogP contribution is -2.07. The van der Waals surface area contributed by atoms with Gasteiger partial charge in [0.15, 0.2) is 0 Å². The second-order valence-corrected chi connectivity index (χ2v) is 5.53. The van der Waals surface area contributed by atoms with Crippen molar-refractivity contribution in [3.8, 4) is 6.07 Å². The number of hydrogen-bond acceptors (Lipinski definition) is 3. The highest BCUT2D eigenvalue weighted by Crippen LogP contribution is 2.30. The van der Waals surface area contributed by atoms with E-state index in [-0.39, 0.29) is 11.6 Å². The molecule has 1 atom stereocenters. The summed E-state index contributed by atoms with van der Waals surface area (Å²) in [6.45, 7) is 1.94. The molecule has 1 heterocycles. The average molecular weight is 281 g/mol. The fraction of sp³-hybridized carbons (Fsp3) is 0.154. The van der Waals surface area contributed by atoms with Crippen LogP contribution in [-0.4, -0.2) is 0 Å². The highest BCUT2D eigenvalue weighted by molar-refractivity contribution is 7.16. The van der Waals surface area contributed by atoms with Gasteiger partial charge in [0.2, 0.25) is 0 Å². The normalized spacial score (nSPS) is 11.9. The average Bonchev–Trinajstić information content (AvgIpc) is 2.76. The molecule has 5 heteroatoms. The molecule has 0 aliphatic carbocycles. The standard InChI is InChI=1S/C13H10ClFN2S/c1-8(12-5-6-13(14)18-12)17-11-4-2-3-10(15)9(11)7-16/h2-6,8,17H,1H3. The summed E-state index contributed by atoms with van der Waals surface area (Å²) in [5, 5.41) is 12.1. The number of hydrogen-bond donors (Lipinski definition) is 1. The summed E-state index contributed by atoms with van der Waals surface area (Å²) in [5.74, 6) is -0.515. The third-order valence-corrected chi connectivity index (χ3v) is 3.93. The fourth-order valence-electron chi connectivity index (χ4n) is 1.62. The highest BCUT2D eigenvalue weighted by Gasteiger charge is 2.12. The van der Waals surface area contributed by atoms with E-state index < -0.39 is 5.82 Å². The van der Waals surface area contributed by atoms with Crippen LogP contribution in [0.15, 0.2) is 30.3 Å². The third kappa shape index (κ3) is 2.63. The summed E-state index contributed by atoms with van der Waals surface area (Å²) in [4.78, 5) is 1.04. The molecular formula is C13H10ClFN2S. The first-order valence-electron chi connectivity index (χ1n) is 5.32. The fourth-order valence-corrected chi connectivity index (χ4v) is 2.69. The molecule has 0 fully saturated rings. The topological polar surface area (TPSA) is 35.8 Å². The Bertz CT molecular complexity index is 603. The quantitative estimate of drug-likeness (QED) is 0.893. The van der Waals surface area contributed by atoms with Crippen LogP contribution >= 0.6 is 22.9 Å². The maximum Gasteiger partial charge on any atom is 0.143 e. The lowest BCUT2D eigenvalue weighted by molar-refractivity contribution is 0.624. The van der Waals surface area contributed by atoms with Crippen molar-refractivity contribution < 1.29 is 4.39 Å². The molecular weight excluding hydrogens is 271 g/mol. The Morgan fingerprint density at radius 1 is 1.39 bits per heavy atom. The zero-order valence-electron chi connectivity index (χ0n) is 9.58. The summed E-state index contributed by atoms with van der Waals surface area (Å²) in [5.41, 5.74) is 0.529. The van der Waals surface area contributed by atoms with Crippen molar-refractivity contribution in [2.24, 2.45) is 0 Å². The van der Waals surface area contributed by atoms with E-state index in [9.17, 15) is 4.39 Å².